The van der Waals surface area contributed by atoms with Gasteiger partial charge in [-0.25, -0.2) is 0 Å². The number of hydrogen-bond acceptors (Lipinski definition) is 1. The standard InChI is InChI=1S/C15H29NO/c1-9-13(3,4)11-15(7,8)16-12(17)14(5,6)10-2/h9H,1,10-11H2,2-8H3,(H,16,17). The second kappa shape index (κ2) is 5.24. The van der Waals surface area contributed by atoms with Crippen LogP contribution in [0.25, 0.3) is 0 Å². The fourth-order valence-corrected chi connectivity index (χ4v) is 1.89. The van der Waals surface area contributed by atoms with Crippen LogP contribution in [-0.2, 0) is 4.79 Å². The van der Waals surface area contributed by atoms with Crippen molar-refractivity contribution in [3.05, 3.63) is 12.7 Å². The fraction of sp³-hybridized carbons (Fsp3) is 0.800. The maximum atomic E-state index is 12.1. The van der Waals surface area contributed by atoms with Gasteiger partial charge in [-0.1, -0.05) is 40.7 Å². The van der Waals surface area contributed by atoms with Gasteiger partial charge in [0.1, 0.15) is 0 Å². The second-order valence-electron chi connectivity index (χ2n) is 6.94. The summed E-state index contributed by atoms with van der Waals surface area (Å²) in [7, 11) is 0. The van der Waals surface area contributed by atoms with Crippen molar-refractivity contribution in [2.45, 2.75) is 66.8 Å². The van der Waals surface area contributed by atoms with Crippen LogP contribution in [0.1, 0.15) is 61.3 Å². The van der Waals surface area contributed by atoms with Crippen LogP contribution in [0.15, 0.2) is 12.7 Å². The molecule has 0 aromatic rings. The van der Waals surface area contributed by atoms with Gasteiger partial charge in [0.05, 0.1) is 0 Å². The summed E-state index contributed by atoms with van der Waals surface area (Å²) in [6, 6.07) is 0. The van der Waals surface area contributed by atoms with E-state index in [1.807, 2.05) is 26.8 Å². The molecule has 0 rings (SSSR count). The number of allylic oxidation sites excluding steroid dienone is 1. The van der Waals surface area contributed by atoms with Crippen molar-refractivity contribution in [1.82, 2.24) is 5.32 Å². The average molecular weight is 239 g/mol. The van der Waals surface area contributed by atoms with E-state index < -0.39 is 0 Å². The van der Waals surface area contributed by atoms with Crippen molar-refractivity contribution < 1.29 is 4.79 Å². The molecule has 0 radical (unpaired) electrons. The highest BCUT2D eigenvalue weighted by Crippen LogP contribution is 2.30. The first-order chi connectivity index (χ1) is 7.46. The predicted molar refractivity (Wildman–Crippen MR) is 74.9 cm³/mol. The molecule has 0 bridgehead atoms. The van der Waals surface area contributed by atoms with Crippen molar-refractivity contribution in [3.63, 3.8) is 0 Å². The Kier molecular flexibility index (Phi) is 5.00. The highest BCUT2D eigenvalue weighted by atomic mass is 16.2. The molecule has 0 aromatic heterocycles. The summed E-state index contributed by atoms with van der Waals surface area (Å²) in [5.41, 5.74) is -0.468. The summed E-state index contributed by atoms with van der Waals surface area (Å²) in [6.45, 7) is 18.3. The first kappa shape index (κ1) is 16.2. The third-order valence-electron chi connectivity index (χ3n) is 3.40. The zero-order chi connectivity index (χ0) is 13.9. The minimum atomic E-state index is -0.296. The van der Waals surface area contributed by atoms with E-state index in [0.717, 1.165) is 12.8 Å². The van der Waals surface area contributed by atoms with Crippen LogP contribution < -0.4 is 5.32 Å². The lowest BCUT2D eigenvalue weighted by Crippen LogP contribution is -2.50. The Bertz CT molecular complexity index is 287. The Balaban J connectivity index is 4.66. The molecule has 0 heterocycles. The van der Waals surface area contributed by atoms with Gasteiger partial charge < -0.3 is 5.32 Å². The topological polar surface area (TPSA) is 29.1 Å². The molecular formula is C15H29NO. The number of amides is 1. The summed E-state index contributed by atoms with van der Waals surface area (Å²) in [5.74, 6) is 0.130. The van der Waals surface area contributed by atoms with E-state index in [4.69, 9.17) is 0 Å². The molecule has 2 nitrogen and oxygen atoms in total. The lowest BCUT2D eigenvalue weighted by Gasteiger charge is -2.36. The minimum absolute atomic E-state index is 0.0349. The van der Waals surface area contributed by atoms with E-state index in [1.165, 1.54) is 0 Å². The Morgan fingerprint density at radius 3 is 2.00 bits per heavy atom. The van der Waals surface area contributed by atoms with Gasteiger partial charge in [0.2, 0.25) is 5.91 Å². The number of nitrogens with one attached hydrogen (secondary N) is 1. The molecule has 0 atom stereocenters. The van der Waals surface area contributed by atoms with Crippen LogP contribution >= 0.6 is 0 Å². The highest BCUT2D eigenvalue weighted by Gasteiger charge is 2.33. The first-order valence-electron chi connectivity index (χ1n) is 6.42. The summed E-state index contributed by atoms with van der Waals surface area (Å²) in [5, 5.41) is 3.15. The molecule has 17 heavy (non-hydrogen) atoms. The lowest BCUT2D eigenvalue weighted by atomic mass is 9.79. The summed E-state index contributed by atoms with van der Waals surface area (Å²) >= 11 is 0. The zero-order valence-corrected chi connectivity index (χ0v) is 12.6. The molecule has 0 aliphatic rings. The zero-order valence-electron chi connectivity index (χ0n) is 12.6. The van der Waals surface area contributed by atoms with Crippen LogP contribution in [-0.4, -0.2) is 11.4 Å². The van der Waals surface area contributed by atoms with Crippen molar-refractivity contribution in [2.24, 2.45) is 10.8 Å². The van der Waals surface area contributed by atoms with Gasteiger partial charge in [0.15, 0.2) is 0 Å². The van der Waals surface area contributed by atoms with E-state index in [0.29, 0.717) is 0 Å². The van der Waals surface area contributed by atoms with Crippen molar-refractivity contribution in [3.8, 4) is 0 Å². The third-order valence-corrected chi connectivity index (χ3v) is 3.40. The number of rotatable bonds is 6. The van der Waals surface area contributed by atoms with Crippen LogP contribution in [0.4, 0.5) is 0 Å². The maximum absolute atomic E-state index is 12.1. The largest absolute Gasteiger partial charge is 0.351 e. The molecule has 0 saturated carbocycles. The smallest absolute Gasteiger partial charge is 0.226 e. The third kappa shape index (κ3) is 5.38. The molecule has 0 saturated heterocycles. The molecule has 0 aromatic carbocycles. The van der Waals surface area contributed by atoms with Gasteiger partial charge in [0, 0.05) is 11.0 Å². The van der Waals surface area contributed by atoms with Crippen LogP contribution in [0, 0.1) is 10.8 Å². The molecule has 2 heteroatoms. The van der Waals surface area contributed by atoms with Gasteiger partial charge >= 0.3 is 0 Å². The number of carbonyl (C=O) groups excluding carboxylic acids is 1. The quantitative estimate of drug-likeness (QED) is 0.699. The first-order valence-corrected chi connectivity index (χ1v) is 6.42. The van der Waals surface area contributed by atoms with Crippen LogP contribution in [0.5, 0.6) is 0 Å². The van der Waals surface area contributed by atoms with Gasteiger partial charge in [-0.05, 0) is 32.1 Å². The van der Waals surface area contributed by atoms with Crippen molar-refractivity contribution in [1.29, 1.82) is 0 Å². The second-order valence-corrected chi connectivity index (χ2v) is 6.94. The molecule has 0 aliphatic heterocycles. The normalized spacial score (nSPS) is 13.4. The maximum Gasteiger partial charge on any atom is 0.226 e. The molecule has 1 N–H and O–H groups in total. The highest BCUT2D eigenvalue weighted by molar-refractivity contribution is 5.82. The average Bonchev–Trinajstić information content (AvgIpc) is 2.15. The molecule has 100 valence electrons. The molecule has 0 unspecified atom stereocenters. The summed E-state index contributed by atoms with van der Waals surface area (Å²) in [4.78, 5) is 12.1. The van der Waals surface area contributed by atoms with Crippen LogP contribution in [0.2, 0.25) is 0 Å². The Morgan fingerprint density at radius 1 is 1.18 bits per heavy atom. The van der Waals surface area contributed by atoms with Gasteiger partial charge in [-0.3, -0.25) is 4.79 Å². The Hall–Kier alpha value is -0.790. The fourth-order valence-electron chi connectivity index (χ4n) is 1.89. The van der Waals surface area contributed by atoms with Gasteiger partial charge in [-0.2, -0.15) is 0 Å². The number of carbonyl (C=O) groups is 1. The predicted octanol–water partition coefficient (Wildman–Crippen LogP) is 3.92. The van der Waals surface area contributed by atoms with E-state index >= 15 is 0 Å². The van der Waals surface area contributed by atoms with Crippen molar-refractivity contribution >= 4 is 5.91 Å². The molecular weight excluding hydrogens is 210 g/mol. The van der Waals surface area contributed by atoms with E-state index in [-0.39, 0.29) is 22.3 Å². The monoisotopic (exact) mass is 239 g/mol. The van der Waals surface area contributed by atoms with Gasteiger partial charge in [-0.15, -0.1) is 6.58 Å². The lowest BCUT2D eigenvalue weighted by molar-refractivity contribution is -0.131. The molecule has 0 spiro atoms. The van der Waals surface area contributed by atoms with Crippen LogP contribution in [0.3, 0.4) is 0 Å². The van der Waals surface area contributed by atoms with E-state index in [1.54, 1.807) is 0 Å². The van der Waals surface area contributed by atoms with E-state index in [9.17, 15) is 4.79 Å². The molecule has 0 fully saturated rings. The molecule has 1 amide bonds. The van der Waals surface area contributed by atoms with Gasteiger partial charge in [0.25, 0.3) is 0 Å². The summed E-state index contributed by atoms with van der Waals surface area (Å²) < 4.78 is 0. The molecule has 0 aliphatic carbocycles. The van der Waals surface area contributed by atoms with E-state index in [2.05, 4.69) is 39.6 Å². The minimum Gasteiger partial charge on any atom is -0.351 e. The summed E-state index contributed by atoms with van der Waals surface area (Å²) in [6.07, 6.45) is 3.68. The SMILES string of the molecule is C=CC(C)(C)CC(C)(C)NC(=O)C(C)(C)CC. The Morgan fingerprint density at radius 2 is 1.65 bits per heavy atom. The number of hydrogen-bond donors (Lipinski definition) is 1. The van der Waals surface area contributed by atoms with Crippen molar-refractivity contribution in [2.75, 3.05) is 0 Å². The Labute approximate surface area is 107 Å².